The number of nitrogens with zero attached hydrogens (tertiary/aromatic N) is 3. The largest absolute Gasteiger partial charge is 0.465 e. The van der Waals surface area contributed by atoms with Crippen molar-refractivity contribution in [2.75, 3.05) is 13.1 Å². The van der Waals surface area contributed by atoms with Crippen LogP contribution in [0.15, 0.2) is 41.1 Å². The van der Waals surface area contributed by atoms with Crippen molar-refractivity contribution in [1.29, 1.82) is 0 Å². The van der Waals surface area contributed by atoms with Crippen LogP contribution in [-0.2, 0) is 13.1 Å². The van der Waals surface area contributed by atoms with E-state index in [1.165, 1.54) is 31.5 Å². The van der Waals surface area contributed by atoms with Crippen LogP contribution in [0.25, 0.3) is 0 Å². The van der Waals surface area contributed by atoms with Crippen LogP contribution < -0.4 is 0 Å². The molecule has 2 aromatic rings. The Morgan fingerprint density at radius 3 is 2.50 bits per heavy atom. The summed E-state index contributed by atoms with van der Waals surface area (Å²) in [7, 11) is 0. The van der Waals surface area contributed by atoms with E-state index in [2.05, 4.69) is 33.0 Å². The molecule has 116 valence electrons. The van der Waals surface area contributed by atoms with Crippen molar-refractivity contribution in [3.63, 3.8) is 0 Å². The molecule has 0 radical (unpaired) electrons. The lowest BCUT2D eigenvalue weighted by molar-refractivity contribution is 0.202. The SMILES string of the molecule is Cc1ccc(CN2CC[C@@H]3[C@@H]2CCN3Cc2cccnc2)o1. The van der Waals surface area contributed by atoms with E-state index in [4.69, 9.17) is 4.42 Å². The second-order valence-electron chi connectivity index (χ2n) is 6.53. The second kappa shape index (κ2) is 5.86. The molecule has 0 unspecified atom stereocenters. The highest BCUT2D eigenvalue weighted by molar-refractivity contribution is 5.11. The number of fused-ring (bicyclic) bond motifs is 1. The highest BCUT2D eigenvalue weighted by Crippen LogP contribution is 2.33. The molecule has 2 fully saturated rings. The summed E-state index contributed by atoms with van der Waals surface area (Å²) >= 11 is 0. The maximum Gasteiger partial charge on any atom is 0.118 e. The zero-order valence-corrected chi connectivity index (χ0v) is 13.1. The van der Waals surface area contributed by atoms with Crippen molar-refractivity contribution < 1.29 is 4.42 Å². The van der Waals surface area contributed by atoms with Gasteiger partial charge in [0.1, 0.15) is 11.5 Å². The minimum absolute atomic E-state index is 0.682. The Morgan fingerprint density at radius 1 is 1.09 bits per heavy atom. The fraction of sp³-hybridized carbons (Fsp3) is 0.500. The van der Waals surface area contributed by atoms with E-state index in [1.807, 2.05) is 25.4 Å². The van der Waals surface area contributed by atoms with Crippen LogP contribution in [0.5, 0.6) is 0 Å². The molecule has 2 aliphatic rings. The third-order valence-electron chi connectivity index (χ3n) is 5.07. The Bertz CT molecular complexity index is 624. The van der Waals surface area contributed by atoms with Gasteiger partial charge in [-0.25, -0.2) is 0 Å². The van der Waals surface area contributed by atoms with Crippen LogP contribution >= 0.6 is 0 Å². The van der Waals surface area contributed by atoms with E-state index in [0.29, 0.717) is 12.1 Å². The van der Waals surface area contributed by atoms with Gasteiger partial charge in [0.25, 0.3) is 0 Å². The van der Waals surface area contributed by atoms with Crippen molar-refractivity contribution >= 4 is 0 Å². The molecule has 2 aliphatic heterocycles. The van der Waals surface area contributed by atoms with Crippen LogP contribution in [0.2, 0.25) is 0 Å². The highest BCUT2D eigenvalue weighted by Gasteiger charge is 2.42. The molecule has 22 heavy (non-hydrogen) atoms. The Labute approximate surface area is 131 Å². The lowest BCUT2D eigenvalue weighted by Crippen LogP contribution is -2.35. The molecule has 0 aromatic carbocycles. The Kier molecular flexibility index (Phi) is 3.72. The first-order valence-corrected chi connectivity index (χ1v) is 8.22. The summed E-state index contributed by atoms with van der Waals surface area (Å²) in [5.41, 5.74) is 1.32. The number of hydrogen-bond acceptors (Lipinski definition) is 4. The molecule has 0 aliphatic carbocycles. The summed E-state index contributed by atoms with van der Waals surface area (Å²) in [4.78, 5) is 9.47. The van der Waals surface area contributed by atoms with Crippen molar-refractivity contribution in [3.05, 3.63) is 53.7 Å². The molecule has 0 spiro atoms. The van der Waals surface area contributed by atoms with Gasteiger partial charge in [-0.1, -0.05) is 6.07 Å². The molecule has 0 bridgehead atoms. The van der Waals surface area contributed by atoms with Crippen molar-refractivity contribution in [2.45, 2.75) is 44.9 Å². The fourth-order valence-corrected chi connectivity index (χ4v) is 4.05. The maximum absolute atomic E-state index is 5.75. The fourth-order valence-electron chi connectivity index (χ4n) is 4.05. The molecule has 4 rings (SSSR count). The molecule has 4 heterocycles. The lowest BCUT2D eigenvalue weighted by atomic mass is 10.1. The van der Waals surface area contributed by atoms with Crippen LogP contribution in [0.3, 0.4) is 0 Å². The first kappa shape index (κ1) is 14.0. The van der Waals surface area contributed by atoms with Crippen LogP contribution in [0, 0.1) is 6.92 Å². The third kappa shape index (κ3) is 2.69. The summed E-state index contributed by atoms with van der Waals surface area (Å²) in [5, 5.41) is 0. The van der Waals surface area contributed by atoms with Gasteiger partial charge in [-0.05, 0) is 43.5 Å². The van der Waals surface area contributed by atoms with E-state index in [-0.39, 0.29) is 0 Å². The van der Waals surface area contributed by atoms with Gasteiger partial charge < -0.3 is 4.42 Å². The quantitative estimate of drug-likeness (QED) is 0.869. The normalized spacial score (nSPS) is 25.7. The van der Waals surface area contributed by atoms with E-state index >= 15 is 0 Å². The summed E-state index contributed by atoms with van der Waals surface area (Å²) in [5.74, 6) is 2.11. The van der Waals surface area contributed by atoms with Gasteiger partial charge in [-0.15, -0.1) is 0 Å². The first-order chi connectivity index (χ1) is 10.8. The van der Waals surface area contributed by atoms with E-state index in [1.54, 1.807) is 0 Å². The standard InChI is InChI=1S/C18H23N3O/c1-14-4-5-16(22-14)13-21-10-7-17-18(21)6-9-20(17)12-15-3-2-8-19-11-15/h2-5,8,11,17-18H,6-7,9-10,12-13H2,1H3/t17-,18+/m1/s1. The molecule has 0 amide bonds. The van der Waals surface area contributed by atoms with Gasteiger partial charge in [0.05, 0.1) is 6.54 Å². The first-order valence-electron chi connectivity index (χ1n) is 8.22. The number of hydrogen-bond donors (Lipinski definition) is 0. The molecule has 0 saturated carbocycles. The molecule has 2 aromatic heterocycles. The zero-order chi connectivity index (χ0) is 14.9. The maximum atomic E-state index is 5.75. The average Bonchev–Trinajstić information content (AvgIpc) is 3.21. The van der Waals surface area contributed by atoms with E-state index in [0.717, 1.165) is 24.6 Å². The number of aromatic nitrogens is 1. The van der Waals surface area contributed by atoms with Crippen LogP contribution in [0.1, 0.15) is 29.9 Å². The summed E-state index contributed by atoms with van der Waals surface area (Å²) in [6, 6.07) is 9.76. The third-order valence-corrected chi connectivity index (χ3v) is 5.07. The predicted octanol–water partition coefficient (Wildman–Crippen LogP) is 2.83. The van der Waals surface area contributed by atoms with Crippen LogP contribution in [0.4, 0.5) is 0 Å². The smallest absolute Gasteiger partial charge is 0.118 e. The number of aryl methyl sites for hydroxylation is 1. The van der Waals surface area contributed by atoms with Gasteiger partial charge in [-0.2, -0.15) is 0 Å². The van der Waals surface area contributed by atoms with Gasteiger partial charge in [-0.3, -0.25) is 14.8 Å². The lowest BCUT2D eigenvalue weighted by Gasteiger charge is -2.25. The average molecular weight is 297 g/mol. The van der Waals surface area contributed by atoms with Gasteiger partial charge in [0, 0.05) is 44.1 Å². The molecule has 2 atom stereocenters. The van der Waals surface area contributed by atoms with Crippen molar-refractivity contribution in [1.82, 2.24) is 14.8 Å². The zero-order valence-electron chi connectivity index (χ0n) is 13.1. The summed E-state index contributed by atoms with van der Waals surface area (Å²) < 4.78 is 5.75. The number of likely N-dealkylation sites (tertiary alicyclic amines) is 2. The molecule has 4 nitrogen and oxygen atoms in total. The van der Waals surface area contributed by atoms with Crippen molar-refractivity contribution in [2.24, 2.45) is 0 Å². The summed E-state index contributed by atoms with van der Waals surface area (Å²) in [6.07, 6.45) is 6.37. The molecular weight excluding hydrogens is 274 g/mol. The minimum atomic E-state index is 0.682. The monoisotopic (exact) mass is 297 g/mol. The van der Waals surface area contributed by atoms with E-state index in [9.17, 15) is 0 Å². The number of furan rings is 1. The second-order valence-corrected chi connectivity index (χ2v) is 6.53. The van der Waals surface area contributed by atoms with Gasteiger partial charge in [0.15, 0.2) is 0 Å². The highest BCUT2D eigenvalue weighted by atomic mass is 16.3. The van der Waals surface area contributed by atoms with Gasteiger partial charge in [0.2, 0.25) is 0 Å². The van der Waals surface area contributed by atoms with Crippen LogP contribution in [-0.4, -0.2) is 40.0 Å². The van der Waals surface area contributed by atoms with Gasteiger partial charge >= 0.3 is 0 Å². The number of pyridine rings is 1. The predicted molar refractivity (Wildman–Crippen MR) is 85.3 cm³/mol. The molecule has 4 heteroatoms. The number of rotatable bonds is 4. The molecule has 2 saturated heterocycles. The molecular formula is C18H23N3O. The minimum Gasteiger partial charge on any atom is -0.465 e. The Morgan fingerprint density at radius 2 is 1.86 bits per heavy atom. The Balaban J connectivity index is 1.41. The van der Waals surface area contributed by atoms with E-state index < -0.39 is 0 Å². The topological polar surface area (TPSA) is 32.5 Å². The molecule has 0 N–H and O–H groups in total. The Hall–Kier alpha value is -1.65. The summed E-state index contributed by atoms with van der Waals surface area (Å²) in [6.45, 7) is 6.37. The van der Waals surface area contributed by atoms with Crippen molar-refractivity contribution in [3.8, 4) is 0 Å².